The fourth-order valence-corrected chi connectivity index (χ4v) is 2.88. The molecule has 3 rings (SSSR count). The number of ether oxygens (including phenoxy) is 1. The molecule has 22 heavy (non-hydrogen) atoms. The van der Waals surface area contributed by atoms with Gasteiger partial charge in [0.15, 0.2) is 0 Å². The standard InChI is InChI=1S/C17H14O4S/c1-9-10(2)16(18)21-15-11(3)13(7-6-12(9)15)20-17(19)14-5-4-8-22-14/h4-8H,1-3H3. The highest BCUT2D eigenvalue weighted by Crippen LogP contribution is 2.29. The molecular formula is C17H14O4S. The van der Waals surface area contributed by atoms with Crippen LogP contribution in [0.4, 0.5) is 0 Å². The smallest absolute Gasteiger partial charge is 0.353 e. The number of fused-ring (bicyclic) bond motifs is 1. The first-order chi connectivity index (χ1) is 10.5. The van der Waals surface area contributed by atoms with Crippen LogP contribution in [0.25, 0.3) is 11.0 Å². The Morgan fingerprint density at radius 1 is 1.09 bits per heavy atom. The number of carbonyl (C=O) groups is 1. The minimum Gasteiger partial charge on any atom is -0.422 e. The van der Waals surface area contributed by atoms with E-state index in [1.165, 1.54) is 11.3 Å². The van der Waals surface area contributed by atoms with Crippen molar-refractivity contribution < 1.29 is 13.9 Å². The lowest BCUT2D eigenvalue weighted by atomic mass is 10.0. The molecule has 1 aromatic carbocycles. The van der Waals surface area contributed by atoms with E-state index in [1.54, 1.807) is 32.0 Å². The van der Waals surface area contributed by atoms with Gasteiger partial charge in [0.25, 0.3) is 0 Å². The third kappa shape index (κ3) is 2.33. The average Bonchev–Trinajstić information content (AvgIpc) is 3.03. The number of rotatable bonds is 2. The first-order valence-electron chi connectivity index (χ1n) is 6.78. The van der Waals surface area contributed by atoms with Crippen molar-refractivity contribution in [1.29, 1.82) is 0 Å². The number of hydrogen-bond acceptors (Lipinski definition) is 5. The summed E-state index contributed by atoms with van der Waals surface area (Å²) in [5.74, 6) is -0.0130. The lowest BCUT2D eigenvalue weighted by molar-refractivity contribution is 0.0739. The molecule has 2 aromatic heterocycles. The van der Waals surface area contributed by atoms with E-state index in [2.05, 4.69) is 0 Å². The Hall–Kier alpha value is -2.40. The van der Waals surface area contributed by atoms with E-state index in [1.807, 2.05) is 18.4 Å². The van der Waals surface area contributed by atoms with Gasteiger partial charge in [0.2, 0.25) is 0 Å². The summed E-state index contributed by atoms with van der Waals surface area (Å²) in [6.45, 7) is 5.39. The molecule has 0 N–H and O–H groups in total. The summed E-state index contributed by atoms with van der Waals surface area (Å²) in [4.78, 5) is 24.4. The van der Waals surface area contributed by atoms with Gasteiger partial charge in [-0.05, 0) is 49.9 Å². The highest BCUT2D eigenvalue weighted by Gasteiger charge is 2.16. The summed E-state index contributed by atoms with van der Waals surface area (Å²) in [7, 11) is 0. The third-order valence-corrected chi connectivity index (χ3v) is 4.60. The van der Waals surface area contributed by atoms with Gasteiger partial charge in [-0.25, -0.2) is 9.59 Å². The topological polar surface area (TPSA) is 56.5 Å². The predicted octanol–water partition coefficient (Wildman–Crippen LogP) is 4.00. The molecular weight excluding hydrogens is 300 g/mol. The molecule has 5 heteroatoms. The SMILES string of the molecule is Cc1c(C)c2ccc(OC(=O)c3cccs3)c(C)c2oc1=O. The van der Waals surface area contributed by atoms with Crippen molar-refractivity contribution >= 4 is 28.3 Å². The minimum atomic E-state index is -0.413. The van der Waals surface area contributed by atoms with Gasteiger partial charge in [-0.3, -0.25) is 0 Å². The average molecular weight is 314 g/mol. The predicted molar refractivity (Wildman–Crippen MR) is 86.0 cm³/mol. The molecule has 0 saturated carbocycles. The maximum Gasteiger partial charge on any atom is 0.353 e. The molecule has 0 aliphatic heterocycles. The van der Waals surface area contributed by atoms with E-state index in [-0.39, 0.29) is 5.63 Å². The van der Waals surface area contributed by atoms with Crippen molar-refractivity contribution in [3.63, 3.8) is 0 Å². The van der Waals surface area contributed by atoms with Gasteiger partial charge in [0.1, 0.15) is 16.2 Å². The Labute approximate surface area is 131 Å². The van der Waals surface area contributed by atoms with Crippen molar-refractivity contribution in [2.75, 3.05) is 0 Å². The molecule has 3 aromatic rings. The lowest BCUT2D eigenvalue weighted by Crippen LogP contribution is -2.09. The first kappa shape index (κ1) is 14.5. The quantitative estimate of drug-likeness (QED) is 0.407. The van der Waals surface area contributed by atoms with Crippen LogP contribution < -0.4 is 10.4 Å². The highest BCUT2D eigenvalue weighted by molar-refractivity contribution is 7.12. The molecule has 0 bridgehead atoms. The molecule has 2 heterocycles. The van der Waals surface area contributed by atoms with Gasteiger partial charge in [0, 0.05) is 16.5 Å². The summed E-state index contributed by atoms with van der Waals surface area (Å²) in [5, 5.41) is 2.67. The van der Waals surface area contributed by atoms with Crippen LogP contribution in [0, 0.1) is 20.8 Å². The summed E-state index contributed by atoms with van der Waals surface area (Å²) in [6.07, 6.45) is 0. The maximum absolute atomic E-state index is 12.0. The Morgan fingerprint density at radius 3 is 2.55 bits per heavy atom. The van der Waals surface area contributed by atoms with Crippen molar-refractivity contribution in [3.8, 4) is 5.75 Å². The lowest BCUT2D eigenvalue weighted by Gasteiger charge is -2.10. The summed E-state index contributed by atoms with van der Waals surface area (Å²) >= 11 is 1.32. The van der Waals surface area contributed by atoms with Gasteiger partial charge in [-0.1, -0.05) is 6.07 Å². The normalized spacial score (nSPS) is 10.9. The summed E-state index contributed by atoms with van der Waals surface area (Å²) in [5.41, 5.74) is 2.21. The fraction of sp³-hybridized carbons (Fsp3) is 0.176. The summed E-state index contributed by atoms with van der Waals surface area (Å²) in [6, 6.07) is 7.04. The number of carbonyl (C=O) groups excluding carboxylic acids is 1. The molecule has 0 fully saturated rings. The maximum atomic E-state index is 12.0. The van der Waals surface area contributed by atoms with Gasteiger partial charge < -0.3 is 9.15 Å². The number of esters is 1. The third-order valence-electron chi connectivity index (χ3n) is 3.75. The van der Waals surface area contributed by atoms with Crippen molar-refractivity contribution in [1.82, 2.24) is 0 Å². The molecule has 0 saturated heterocycles. The van der Waals surface area contributed by atoms with Crippen LogP contribution in [-0.2, 0) is 0 Å². The molecule has 0 aliphatic rings. The fourth-order valence-electron chi connectivity index (χ4n) is 2.28. The van der Waals surface area contributed by atoms with Crippen LogP contribution in [0.5, 0.6) is 5.75 Å². The zero-order valence-electron chi connectivity index (χ0n) is 12.4. The monoisotopic (exact) mass is 314 g/mol. The van der Waals surface area contributed by atoms with Crippen molar-refractivity contribution in [3.05, 3.63) is 61.6 Å². The van der Waals surface area contributed by atoms with Crippen LogP contribution in [-0.4, -0.2) is 5.97 Å². The van der Waals surface area contributed by atoms with Gasteiger partial charge >= 0.3 is 11.6 Å². The van der Waals surface area contributed by atoms with Crippen LogP contribution in [0.2, 0.25) is 0 Å². The van der Waals surface area contributed by atoms with E-state index < -0.39 is 5.97 Å². The molecule has 112 valence electrons. The van der Waals surface area contributed by atoms with E-state index in [0.29, 0.717) is 27.3 Å². The molecule has 0 amide bonds. The second-order valence-electron chi connectivity index (χ2n) is 5.07. The molecule has 0 spiro atoms. The number of aryl methyl sites for hydroxylation is 2. The Morgan fingerprint density at radius 2 is 1.86 bits per heavy atom. The van der Waals surface area contributed by atoms with Crippen molar-refractivity contribution in [2.24, 2.45) is 0 Å². The van der Waals surface area contributed by atoms with Gasteiger partial charge in [0.05, 0.1) is 0 Å². The first-order valence-corrected chi connectivity index (χ1v) is 7.66. The van der Waals surface area contributed by atoms with Crippen LogP contribution in [0.15, 0.2) is 38.9 Å². The number of thiophene rings is 1. The molecule has 0 atom stereocenters. The van der Waals surface area contributed by atoms with E-state index in [0.717, 1.165) is 10.9 Å². The zero-order chi connectivity index (χ0) is 15.9. The number of benzene rings is 1. The Bertz CT molecular complexity index is 920. The molecule has 0 aliphatic carbocycles. The van der Waals surface area contributed by atoms with Gasteiger partial charge in [-0.2, -0.15) is 0 Å². The summed E-state index contributed by atoms with van der Waals surface area (Å²) < 4.78 is 10.8. The second kappa shape index (κ2) is 5.42. The Kier molecular flexibility index (Phi) is 3.58. The van der Waals surface area contributed by atoms with Crippen LogP contribution in [0.3, 0.4) is 0 Å². The van der Waals surface area contributed by atoms with E-state index in [9.17, 15) is 9.59 Å². The second-order valence-corrected chi connectivity index (χ2v) is 6.02. The molecule has 0 radical (unpaired) electrons. The van der Waals surface area contributed by atoms with E-state index in [4.69, 9.17) is 9.15 Å². The molecule has 4 nitrogen and oxygen atoms in total. The molecule has 0 unspecified atom stereocenters. The number of hydrogen-bond donors (Lipinski definition) is 0. The largest absolute Gasteiger partial charge is 0.422 e. The van der Waals surface area contributed by atoms with Gasteiger partial charge in [-0.15, -0.1) is 11.3 Å². The minimum absolute atomic E-state index is 0.366. The van der Waals surface area contributed by atoms with Crippen LogP contribution in [0.1, 0.15) is 26.4 Å². The highest BCUT2D eigenvalue weighted by atomic mass is 32.1. The zero-order valence-corrected chi connectivity index (χ0v) is 13.2. The van der Waals surface area contributed by atoms with Crippen LogP contribution >= 0.6 is 11.3 Å². The van der Waals surface area contributed by atoms with Crippen molar-refractivity contribution in [2.45, 2.75) is 20.8 Å². The Balaban J connectivity index is 2.09. The van der Waals surface area contributed by atoms with E-state index >= 15 is 0 Å².